The Bertz CT molecular complexity index is 639. The number of para-hydroxylation sites is 1. The van der Waals surface area contributed by atoms with Gasteiger partial charge in [-0.25, -0.2) is 4.99 Å². The molecule has 0 spiro atoms. The lowest BCUT2D eigenvalue weighted by Gasteiger charge is -2.07. The standard InChI is InChI=1S/C15H11ClN2O2/c16-13(19)15(20)18-14(11-7-3-1-4-8-11)17-12-9-5-2-6-10-12/h1-10H,(H,17,18,20). The molecule has 0 aliphatic heterocycles. The number of hydrogen-bond acceptors (Lipinski definition) is 3. The molecule has 0 aliphatic rings. The second kappa shape index (κ2) is 6.63. The molecular weight excluding hydrogens is 276 g/mol. The van der Waals surface area contributed by atoms with Gasteiger partial charge in [0.1, 0.15) is 5.84 Å². The summed E-state index contributed by atoms with van der Waals surface area (Å²) in [6, 6.07) is 18.1. The molecule has 2 aromatic rings. The third kappa shape index (κ3) is 3.76. The number of nitrogens with one attached hydrogen (secondary N) is 1. The van der Waals surface area contributed by atoms with Crippen LogP contribution < -0.4 is 5.32 Å². The lowest BCUT2D eigenvalue weighted by Crippen LogP contribution is -2.34. The van der Waals surface area contributed by atoms with Crippen molar-refractivity contribution in [3.05, 3.63) is 66.2 Å². The van der Waals surface area contributed by atoms with E-state index in [1.54, 1.807) is 24.3 Å². The summed E-state index contributed by atoms with van der Waals surface area (Å²) >= 11 is 5.16. The lowest BCUT2D eigenvalue weighted by atomic mass is 10.2. The van der Waals surface area contributed by atoms with Gasteiger partial charge in [-0.15, -0.1) is 0 Å². The van der Waals surface area contributed by atoms with Crippen LogP contribution in [0.2, 0.25) is 0 Å². The second-order valence-corrected chi connectivity index (χ2v) is 4.23. The van der Waals surface area contributed by atoms with Crippen molar-refractivity contribution < 1.29 is 9.59 Å². The number of amides is 1. The summed E-state index contributed by atoms with van der Waals surface area (Å²) in [5.41, 5.74) is 1.34. The van der Waals surface area contributed by atoms with Crippen LogP contribution >= 0.6 is 11.6 Å². The van der Waals surface area contributed by atoms with Crippen LogP contribution in [-0.4, -0.2) is 17.0 Å². The van der Waals surface area contributed by atoms with Crippen LogP contribution in [0.5, 0.6) is 0 Å². The number of hydrogen-bond donors (Lipinski definition) is 1. The zero-order valence-electron chi connectivity index (χ0n) is 10.4. The van der Waals surface area contributed by atoms with Crippen LogP contribution in [0.25, 0.3) is 0 Å². The highest BCUT2D eigenvalue weighted by atomic mass is 35.5. The number of nitrogens with zero attached hydrogens (tertiary/aromatic N) is 1. The summed E-state index contributed by atoms with van der Waals surface area (Å²) in [4.78, 5) is 26.6. The maximum atomic E-state index is 11.4. The average Bonchev–Trinajstić information content (AvgIpc) is 2.48. The smallest absolute Gasteiger partial charge is 0.302 e. The van der Waals surface area contributed by atoms with E-state index in [0.29, 0.717) is 11.3 Å². The summed E-state index contributed by atoms with van der Waals surface area (Å²) in [6.45, 7) is 0. The molecule has 0 unspecified atom stereocenters. The Morgan fingerprint density at radius 3 is 2.00 bits per heavy atom. The molecule has 4 nitrogen and oxygen atoms in total. The maximum absolute atomic E-state index is 11.4. The first kappa shape index (κ1) is 14.0. The van der Waals surface area contributed by atoms with Gasteiger partial charge in [0, 0.05) is 5.56 Å². The van der Waals surface area contributed by atoms with Gasteiger partial charge in [-0.1, -0.05) is 48.5 Å². The van der Waals surface area contributed by atoms with E-state index in [4.69, 9.17) is 11.6 Å². The van der Waals surface area contributed by atoms with E-state index in [0.717, 1.165) is 0 Å². The largest absolute Gasteiger partial charge is 0.310 e. The zero-order valence-corrected chi connectivity index (χ0v) is 11.2. The highest BCUT2D eigenvalue weighted by Crippen LogP contribution is 2.12. The molecular formula is C15H11ClN2O2. The van der Waals surface area contributed by atoms with E-state index in [-0.39, 0.29) is 5.84 Å². The van der Waals surface area contributed by atoms with Crippen molar-refractivity contribution in [1.29, 1.82) is 0 Å². The zero-order chi connectivity index (χ0) is 14.4. The molecule has 20 heavy (non-hydrogen) atoms. The van der Waals surface area contributed by atoms with Crippen LogP contribution in [0, 0.1) is 0 Å². The monoisotopic (exact) mass is 286 g/mol. The lowest BCUT2D eigenvalue weighted by molar-refractivity contribution is -0.132. The maximum Gasteiger partial charge on any atom is 0.310 e. The first-order valence-corrected chi connectivity index (χ1v) is 6.24. The Morgan fingerprint density at radius 2 is 1.45 bits per heavy atom. The summed E-state index contributed by atoms with van der Waals surface area (Å²) < 4.78 is 0. The topological polar surface area (TPSA) is 58.5 Å². The molecule has 0 heterocycles. The fourth-order valence-electron chi connectivity index (χ4n) is 1.55. The van der Waals surface area contributed by atoms with Gasteiger partial charge in [0.05, 0.1) is 5.69 Å². The van der Waals surface area contributed by atoms with E-state index in [1.165, 1.54) is 0 Å². The number of amidine groups is 1. The molecule has 0 saturated carbocycles. The molecule has 0 fully saturated rings. The fraction of sp³-hybridized carbons (Fsp3) is 0. The van der Waals surface area contributed by atoms with Crippen molar-refractivity contribution in [3.8, 4) is 0 Å². The first-order valence-electron chi connectivity index (χ1n) is 5.87. The highest BCUT2D eigenvalue weighted by molar-refractivity contribution is 6.81. The normalized spacial score (nSPS) is 10.9. The number of halogens is 1. The van der Waals surface area contributed by atoms with E-state index >= 15 is 0 Å². The van der Waals surface area contributed by atoms with Gasteiger partial charge in [0.15, 0.2) is 0 Å². The van der Waals surface area contributed by atoms with Gasteiger partial charge < -0.3 is 5.32 Å². The minimum Gasteiger partial charge on any atom is -0.302 e. The Kier molecular flexibility index (Phi) is 4.63. The summed E-state index contributed by atoms with van der Waals surface area (Å²) in [6.07, 6.45) is 0. The number of rotatable bonds is 3. The number of aliphatic imine (C=N–C) groups is 1. The van der Waals surface area contributed by atoms with Gasteiger partial charge >= 0.3 is 11.1 Å². The number of benzene rings is 2. The van der Waals surface area contributed by atoms with Crippen LogP contribution in [0.3, 0.4) is 0 Å². The second-order valence-electron chi connectivity index (χ2n) is 3.89. The van der Waals surface area contributed by atoms with Crippen molar-refractivity contribution in [2.24, 2.45) is 4.99 Å². The predicted molar refractivity (Wildman–Crippen MR) is 78.1 cm³/mol. The van der Waals surface area contributed by atoms with Crippen LogP contribution in [0.15, 0.2) is 65.7 Å². The van der Waals surface area contributed by atoms with Crippen molar-refractivity contribution in [2.45, 2.75) is 0 Å². The van der Waals surface area contributed by atoms with Crippen LogP contribution in [0.1, 0.15) is 5.56 Å². The number of carbonyl (C=O) groups is 2. The van der Waals surface area contributed by atoms with E-state index in [9.17, 15) is 9.59 Å². The van der Waals surface area contributed by atoms with Crippen molar-refractivity contribution >= 4 is 34.3 Å². The van der Waals surface area contributed by atoms with E-state index < -0.39 is 11.1 Å². The average molecular weight is 287 g/mol. The summed E-state index contributed by atoms with van der Waals surface area (Å²) in [5, 5.41) is 1.33. The van der Waals surface area contributed by atoms with Gasteiger partial charge in [-0.3, -0.25) is 9.59 Å². The van der Waals surface area contributed by atoms with Gasteiger partial charge in [-0.2, -0.15) is 0 Å². The summed E-state index contributed by atoms with van der Waals surface area (Å²) in [5.74, 6) is -0.638. The molecule has 0 bridgehead atoms. The fourth-order valence-corrected chi connectivity index (χ4v) is 1.60. The molecule has 100 valence electrons. The molecule has 0 atom stereocenters. The third-order valence-electron chi connectivity index (χ3n) is 2.45. The minimum atomic E-state index is -1.08. The first-order chi connectivity index (χ1) is 9.66. The van der Waals surface area contributed by atoms with Crippen LogP contribution in [-0.2, 0) is 9.59 Å². The van der Waals surface area contributed by atoms with Crippen molar-refractivity contribution in [2.75, 3.05) is 0 Å². The molecule has 1 amide bonds. The van der Waals surface area contributed by atoms with Crippen LogP contribution in [0.4, 0.5) is 5.69 Å². The molecule has 2 rings (SSSR count). The van der Waals surface area contributed by atoms with Gasteiger partial charge in [-0.05, 0) is 23.7 Å². The molecule has 0 aromatic heterocycles. The van der Waals surface area contributed by atoms with Gasteiger partial charge in [0.2, 0.25) is 0 Å². The Hall–Kier alpha value is -2.46. The van der Waals surface area contributed by atoms with Crippen molar-refractivity contribution in [1.82, 2.24) is 5.32 Å². The molecule has 5 heteroatoms. The van der Waals surface area contributed by atoms with E-state index in [1.807, 2.05) is 36.4 Å². The highest BCUT2D eigenvalue weighted by Gasteiger charge is 2.14. The molecule has 0 saturated heterocycles. The molecule has 0 aliphatic carbocycles. The third-order valence-corrected chi connectivity index (χ3v) is 2.63. The Labute approximate surface area is 121 Å². The SMILES string of the molecule is O=C(Cl)C(=O)NC(=Nc1ccccc1)c1ccccc1. The quantitative estimate of drug-likeness (QED) is 0.408. The molecule has 1 N–H and O–H groups in total. The summed E-state index contributed by atoms with van der Waals surface area (Å²) in [7, 11) is 0. The molecule has 0 radical (unpaired) electrons. The molecule has 2 aromatic carbocycles. The Morgan fingerprint density at radius 1 is 0.900 bits per heavy atom. The minimum absolute atomic E-state index is 0.274. The van der Waals surface area contributed by atoms with Gasteiger partial charge in [0.25, 0.3) is 0 Å². The Balaban J connectivity index is 2.37. The van der Waals surface area contributed by atoms with Crippen molar-refractivity contribution in [3.63, 3.8) is 0 Å². The van der Waals surface area contributed by atoms with E-state index in [2.05, 4.69) is 10.3 Å². The number of carbonyl (C=O) groups excluding carboxylic acids is 2. The predicted octanol–water partition coefficient (Wildman–Crippen LogP) is 2.65.